The third kappa shape index (κ3) is 4.68. The van der Waals surface area contributed by atoms with Gasteiger partial charge in [-0.05, 0) is 43.0 Å². The predicted molar refractivity (Wildman–Crippen MR) is 133 cm³/mol. The molecule has 4 aliphatic rings. The molecule has 0 aliphatic carbocycles. The molecule has 33 heavy (non-hydrogen) atoms. The van der Waals surface area contributed by atoms with Gasteiger partial charge in [-0.15, -0.1) is 11.8 Å². The predicted octanol–water partition coefficient (Wildman–Crippen LogP) is 3.05. The summed E-state index contributed by atoms with van der Waals surface area (Å²) in [4.78, 5) is 35.0. The fourth-order valence-electron chi connectivity index (χ4n) is 5.21. The highest BCUT2D eigenvalue weighted by atomic mass is 35.5. The molecule has 0 bridgehead atoms. The van der Waals surface area contributed by atoms with Gasteiger partial charge in [-0.1, -0.05) is 35.9 Å². The van der Waals surface area contributed by atoms with Crippen LogP contribution < -0.4 is 0 Å². The van der Waals surface area contributed by atoms with Crippen LogP contribution in [0.1, 0.15) is 18.4 Å². The average Bonchev–Trinajstić information content (AvgIpc) is 3.43. The highest BCUT2D eigenvalue weighted by Crippen LogP contribution is 2.39. The number of piperazine rings is 1. The number of benzene rings is 1. The number of fused-ring (bicyclic) bond motifs is 1. The van der Waals surface area contributed by atoms with Gasteiger partial charge in [-0.25, -0.2) is 0 Å². The number of halogens is 1. The summed E-state index contributed by atoms with van der Waals surface area (Å²) in [6.45, 7) is 5.39. The number of carbonyl (C=O) groups excluding carboxylic acids is 2. The summed E-state index contributed by atoms with van der Waals surface area (Å²) in [5, 5.41) is 3.12. The summed E-state index contributed by atoms with van der Waals surface area (Å²) < 4.78 is 0. The number of rotatable bonds is 4. The monoisotopic (exact) mass is 486 g/mol. The van der Waals surface area contributed by atoms with E-state index in [9.17, 15) is 9.59 Å². The van der Waals surface area contributed by atoms with Gasteiger partial charge in [0.25, 0.3) is 5.91 Å². The number of thioether (sulfide) groups is 1. The minimum absolute atomic E-state index is 0.0344. The summed E-state index contributed by atoms with van der Waals surface area (Å²) in [5.41, 5.74) is 1.80. The molecule has 5 rings (SSSR count). The highest BCUT2D eigenvalue weighted by Gasteiger charge is 2.41. The van der Waals surface area contributed by atoms with Gasteiger partial charge in [-0.2, -0.15) is 0 Å². The second-order valence-electron chi connectivity index (χ2n) is 9.39. The van der Waals surface area contributed by atoms with Crippen molar-refractivity contribution in [2.75, 3.05) is 46.3 Å². The fourth-order valence-corrected chi connectivity index (χ4v) is 6.44. The zero-order valence-corrected chi connectivity index (χ0v) is 20.6. The van der Waals surface area contributed by atoms with Crippen molar-refractivity contribution in [2.24, 2.45) is 5.92 Å². The lowest BCUT2D eigenvalue weighted by Crippen LogP contribution is -2.51. The number of likely N-dealkylation sites (tertiary alicyclic amines) is 1. The molecule has 2 fully saturated rings. The lowest BCUT2D eigenvalue weighted by Gasteiger charge is -2.38. The SMILES string of the molecule is CN1CCN(C(=O)C2CCN(C(=O)C3=CC4SC=CC4N3Cc3ccccc3Cl)CC2)CC1. The number of hydrogen-bond donors (Lipinski definition) is 0. The molecular formula is C25H31ClN4O2S. The van der Waals surface area contributed by atoms with Crippen molar-refractivity contribution in [3.63, 3.8) is 0 Å². The molecule has 0 spiro atoms. The molecule has 1 aromatic carbocycles. The van der Waals surface area contributed by atoms with E-state index in [0.717, 1.165) is 55.3 Å². The van der Waals surface area contributed by atoms with Crippen LogP contribution in [0.2, 0.25) is 5.02 Å². The molecule has 2 amide bonds. The molecule has 2 atom stereocenters. The van der Waals surface area contributed by atoms with Crippen LogP contribution in [0.3, 0.4) is 0 Å². The van der Waals surface area contributed by atoms with E-state index in [4.69, 9.17) is 11.6 Å². The van der Waals surface area contributed by atoms with Crippen molar-refractivity contribution in [2.45, 2.75) is 30.7 Å². The maximum Gasteiger partial charge on any atom is 0.269 e. The number of amides is 2. The maximum atomic E-state index is 13.6. The summed E-state index contributed by atoms with van der Waals surface area (Å²) in [6.07, 6.45) is 5.80. The van der Waals surface area contributed by atoms with Crippen LogP contribution in [-0.2, 0) is 16.1 Å². The first-order valence-corrected chi connectivity index (χ1v) is 13.1. The van der Waals surface area contributed by atoms with Crippen LogP contribution in [0.4, 0.5) is 0 Å². The molecule has 2 unspecified atom stereocenters. The van der Waals surface area contributed by atoms with E-state index in [-0.39, 0.29) is 29.0 Å². The average molecular weight is 487 g/mol. The van der Waals surface area contributed by atoms with Crippen LogP contribution in [-0.4, -0.2) is 89.0 Å². The fraction of sp³-hybridized carbons (Fsp3) is 0.520. The lowest BCUT2D eigenvalue weighted by molar-refractivity contribution is -0.141. The largest absolute Gasteiger partial charge is 0.355 e. The van der Waals surface area contributed by atoms with E-state index in [1.165, 1.54) is 0 Å². The zero-order valence-electron chi connectivity index (χ0n) is 19.0. The molecule has 0 saturated carbocycles. The van der Waals surface area contributed by atoms with Crippen molar-refractivity contribution in [3.05, 3.63) is 58.1 Å². The van der Waals surface area contributed by atoms with E-state index in [2.05, 4.69) is 34.4 Å². The molecule has 2 saturated heterocycles. The van der Waals surface area contributed by atoms with E-state index >= 15 is 0 Å². The third-order valence-corrected chi connectivity index (χ3v) is 8.72. The molecule has 0 aromatic heterocycles. The van der Waals surface area contributed by atoms with Crippen LogP contribution in [0.5, 0.6) is 0 Å². The van der Waals surface area contributed by atoms with Crippen molar-refractivity contribution in [1.29, 1.82) is 0 Å². The zero-order chi connectivity index (χ0) is 22.9. The van der Waals surface area contributed by atoms with Gasteiger partial charge in [0.1, 0.15) is 5.70 Å². The van der Waals surface area contributed by atoms with Gasteiger partial charge >= 0.3 is 0 Å². The van der Waals surface area contributed by atoms with Gasteiger partial charge in [0.05, 0.1) is 11.3 Å². The van der Waals surface area contributed by atoms with Crippen molar-refractivity contribution < 1.29 is 9.59 Å². The Balaban J connectivity index is 1.23. The first-order valence-electron chi connectivity index (χ1n) is 11.8. The molecule has 4 heterocycles. The van der Waals surface area contributed by atoms with Gasteiger partial charge in [0, 0.05) is 56.8 Å². The molecule has 176 valence electrons. The Morgan fingerprint density at radius 3 is 2.48 bits per heavy atom. The Kier molecular flexibility index (Phi) is 6.72. The normalized spacial score (nSPS) is 26.0. The topological polar surface area (TPSA) is 47.1 Å². The second kappa shape index (κ2) is 9.72. The number of likely N-dealkylation sites (N-methyl/N-ethyl adjacent to an activating group) is 1. The molecule has 0 radical (unpaired) electrons. The van der Waals surface area contributed by atoms with Crippen LogP contribution >= 0.6 is 23.4 Å². The van der Waals surface area contributed by atoms with Gasteiger partial charge < -0.3 is 19.6 Å². The Morgan fingerprint density at radius 2 is 1.76 bits per heavy atom. The first-order chi connectivity index (χ1) is 16.0. The van der Waals surface area contributed by atoms with E-state index in [0.29, 0.717) is 19.6 Å². The van der Waals surface area contributed by atoms with Crippen molar-refractivity contribution in [1.82, 2.24) is 19.6 Å². The minimum atomic E-state index is 0.0344. The second-order valence-corrected chi connectivity index (χ2v) is 10.9. The maximum absolute atomic E-state index is 13.6. The molecule has 4 aliphatic heterocycles. The number of piperidine rings is 1. The lowest BCUT2D eigenvalue weighted by atomic mass is 9.94. The molecule has 1 aromatic rings. The molecule has 0 N–H and O–H groups in total. The number of carbonyl (C=O) groups is 2. The van der Waals surface area contributed by atoms with Crippen LogP contribution in [0.15, 0.2) is 47.5 Å². The highest BCUT2D eigenvalue weighted by molar-refractivity contribution is 8.03. The van der Waals surface area contributed by atoms with Crippen LogP contribution in [0, 0.1) is 5.92 Å². The smallest absolute Gasteiger partial charge is 0.269 e. The number of nitrogens with zero attached hydrogens (tertiary/aromatic N) is 4. The summed E-state index contributed by atoms with van der Waals surface area (Å²) in [5.74, 6) is 0.384. The van der Waals surface area contributed by atoms with Gasteiger partial charge in [0.2, 0.25) is 5.91 Å². The number of hydrogen-bond acceptors (Lipinski definition) is 5. The van der Waals surface area contributed by atoms with Gasteiger partial charge in [0.15, 0.2) is 0 Å². The van der Waals surface area contributed by atoms with Gasteiger partial charge in [-0.3, -0.25) is 9.59 Å². The Bertz CT molecular complexity index is 967. The first kappa shape index (κ1) is 22.8. The Morgan fingerprint density at radius 1 is 1.03 bits per heavy atom. The summed E-state index contributed by atoms with van der Waals surface area (Å²) >= 11 is 8.20. The Hall–Kier alpha value is -1.96. The molecular weight excluding hydrogens is 456 g/mol. The van der Waals surface area contributed by atoms with Crippen molar-refractivity contribution >= 4 is 35.2 Å². The summed E-state index contributed by atoms with van der Waals surface area (Å²) in [6, 6.07) is 8.03. The Labute approximate surface area is 205 Å². The quantitative estimate of drug-likeness (QED) is 0.654. The minimum Gasteiger partial charge on any atom is -0.355 e. The third-order valence-electron chi connectivity index (χ3n) is 7.30. The van der Waals surface area contributed by atoms with E-state index < -0.39 is 0 Å². The van der Waals surface area contributed by atoms with E-state index in [1.807, 2.05) is 34.1 Å². The molecule has 6 nitrogen and oxygen atoms in total. The van der Waals surface area contributed by atoms with Crippen molar-refractivity contribution in [3.8, 4) is 0 Å². The van der Waals surface area contributed by atoms with Crippen LogP contribution in [0.25, 0.3) is 0 Å². The molecule has 8 heteroatoms. The standard InChI is InChI=1S/C25H31ClN4O2S/c1-27-11-13-29(14-12-27)24(31)18-6-9-28(10-7-18)25(32)22-16-23-21(8-15-33-23)30(22)17-19-4-2-3-5-20(19)26/h2-5,8,15-16,18,21,23H,6-7,9-14,17H2,1H3. The van der Waals surface area contributed by atoms with E-state index in [1.54, 1.807) is 11.8 Å². The summed E-state index contributed by atoms with van der Waals surface area (Å²) in [7, 11) is 2.10.